The molecule has 1 fully saturated rings. The van der Waals surface area contributed by atoms with Gasteiger partial charge in [0.05, 0.1) is 24.2 Å². The Morgan fingerprint density at radius 2 is 1.88 bits per heavy atom. The fourth-order valence-electron chi connectivity index (χ4n) is 3.19. The van der Waals surface area contributed by atoms with Crippen LogP contribution in [-0.2, 0) is 11.2 Å². The van der Waals surface area contributed by atoms with E-state index in [1.165, 1.54) is 5.56 Å². The minimum absolute atomic E-state index is 0.0482. The van der Waals surface area contributed by atoms with Gasteiger partial charge in [-0.1, -0.05) is 19.1 Å². The summed E-state index contributed by atoms with van der Waals surface area (Å²) in [5.41, 5.74) is 4.90. The minimum atomic E-state index is 0.0482. The van der Waals surface area contributed by atoms with E-state index in [0.29, 0.717) is 31.9 Å². The first-order valence-corrected chi connectivity index (χ1v) is 8.69. The van der Waals surface area contributed by atoms with Gasteiger partial charge >= 0.3 is 0 Å². The van der Waals surface area contributed by atoms with Crippen LogP contribution in [0.3, 0.4) is 0 Å². The van der Waals surface area contributed by atoms with Crippen LogP contribution in [0.2, 0.25) is 0 Å². The molecule has 2 aromatic carbocycles. The smallest absolute Gasteiger partial charge is 0.254 e. The highest BCUT2D eigenvalue weighted by Crippen LogP contribution is 2.21. The Labute approximate surface area is 146 Å². The Hall–Kier alpha value is -2.66. The molecule has 1 amide bonds. The van der Waals surface area contributed by atoms with Crippen molar-refractivity contribution in [3.63, 3.8) is 0 Å². The Balaban J connectivity index is 1.65. The average molecular weight is 335 g/mol. The lowest BCUT2D eigenvalue weighted by Crippen LogP contribution is -2.40. The molecule has 0 bridgehead atoms. The topological polar surface area (TPSA) is 47.4 Å². The molecule has 0 unspecified atom stereocenters. The Morgan fingerprint density at radius 1 is 1.12 bits per heavy atom. The van der Waals surface area contributed by atoms with E-state index in [1.807, 2.05) is 29.4 Å². The molecule has 0 N–H and O–H groups in total. The van der Waals surface area contributed by atoms with E-state index >= 15 is 0 Å². The van der Waals surface area contributed by atoms with Gasteiger partial charge in [0, 0.05) is 24.3 Å². The number of fused-ring (bicyclic) bond motifs is 1. The highest BCUT2D eigenvalue weighted by Gasteiger charge is 2.19. The van der Waals surface area contributed by atoms with Gasteiger partial charge in [-0.05, 0) is 42.3 Å². The SMILES string of the molecule is CCc1ccc(-n2cnc3cc(C(=O)N4CCOCC4)ccc32)cc1. The van der Waals surface area contributed by atoms with Crippen molar-refractivity contribution in [3.8, 4) is 5.69 Å². The molecule has 0 aliphatic carbocycles. The van der Waals surface area contributed by atoms with Crippen LogP contribution in [0.4, 0.5) is 0 Å². The van der Waals surface area contributed by atoms with E-state index in [1.54, 1.807) is 0 Å². The number of ether oxygens (including phenoxy) is 1. The number of benzene rings is 2. The highest BCUT2D eigenvalue weighted by molar-refractivity contribution is 5.97. The van der Waals surface area contributed by atoms with E-state index in [4.69, 9.17) is 4.74 Å². The molecule has 1 saturated heterocycles. The summed E-state index contributed by atoms with van der Waals surface area (Å²) >= 11 is 0. The number of imidazole rings is 1. The number of amides is 1. The summed E-state index contributed by atoms with van der Waals surface area (Å²) in [5, 5.41) is 0. The molecule has 0 atom stereocenters. The van der Waals surface area contributed by atoms with Gasteiger partial charge in [0.25, 0.3) is 5.91 Å². The molecule has 4 rings (SSSR count). The maximum absolute atomic E-state index is 12.6. The van der Waals surface area contributed by atoms with Gasteiger partial charge < -0.3 is 9.64 Å². The molecule has 5 heteroatoms. The second-order valence-electron chi connectivity index (χ2n) is 6.24. The minimum Gasteiger partial charge on any atom is -0.378 e. The van der Waals surface area contributed by atoms with Crippen molar-refractivity contribution >= 4 is 16.9 Å². The van der Waals surface area contributed by atoms with E-state index < -0.39 is 0 Å². The van der Waals surface area contributed by atoms with E-state index in [0.717, 1.165) is 23.1 Å². The standard InChI is InChI=1S/C20H21N3O2/c1-2-15-3-6-17(7-4-15)23-14-21-18-13-16(5-8-19(18)23)20(24)22-9-11-25-12-10-22/h3-8,13-14H,2,9-12H2,1H3. The van der Waals surface area contributed by atoms with Crippen molar-refractivity contribution in [1.82, 2.24) is 14.5 Å². The van der Waals surface area contributed by atoms with Crippen LogP contribution in [0, 0.1) is 0 Å². The van der Waals surface area contributed by atoms with Crippen molar-refractivity contribution < 1.29 is 9.53 Å². The van der Waals surface area contributed by atoms with Crippen molar-refractivity contribution in [2.24, 2.45) is 0 Å². The van der Waals surface area contributed by atoms with Gasteiger partial charge in [-0.2, -0.15) is 0 Å². The zero-order chi connectivity index (χ0) is 17.2. The van der Waals surface area contributed by atoms with Crippen molar-refractivity contribution in [1.29, 1.82) is 0 Å². The molecular formula is C20H21N3O2. The second kappa shape index (κ2) is 6.69. The third kappa shape index (κ3) is 3.03. The van der Waals surface area contributed by atoms with Gasteiger partial charge in [0.1, 0.15) is 6.33 Å². The number of morpholine rings is 1. The summed E-state index contributed by atoms with van der Waals surface area (Å²) in [7, 11) is 0. The average Bonchev–Trinajstić information content (AvgIpc) is 3.11. The summed E-state index contributed by atoms with van der Waals surface area (Å²) in [6.45, 7) is 4.66. The number of carbonyl (C=O) groups is 1. The largest absolute Gasteiger partial charge is 0.378 e. The first kappa shape index (κ1) is 15.8. The van der Waals surface area contributed by atoms with Gasteiger partial charge in [-0.25, -0.2) is 4.98 Å². The summed E-state index contributed by atoms with van der Waals surface area (Å²) in [4.78, 5) is 19.0. The first-order valence-electron chi connectivity index (χ1n) is 8.69. The van der Waals surface area contributed by atoms with E-state index in [9.17, 15) is 4.79 Å². The van der Waals surface area contributed by atoms with E-state index in [2.05, 4.69) is 40.7 Å². The quantitative estimate of drug-likeness (QED) is 0.739. The first-order chi connectivity index (χ1) is 12.3. The lowest BCUT2D eigenvalue weighted by atomic mass is 10.1. The maximum Gasteiger partial charge on any atom is 0.254 e. The zero-order valence-electron chi connectivity index (χ0n) is 14.3. The van der Waals surface area contributed by atoms with Crippen LogP contribution in [-0.4, -0.2) is 46.7 Å². The summed E-state index contributed by atoms with van der Waals surface area (Å²) < 4.78 is 7.37. The third-order valence-corrected chi connectivity index (χ3v) is 4.72. The molecule has 1 aliphatic rings. The van der Waals surface area contributed by atoms with E-state index in [-0.39, 0.29) is 5.91 Å². The summed E-state index contributed by atoms with van der Waals surface area (Å²) in [6, 6.07) is 14.2. The maximum atomic E-state index is 12.6. The number of hydrogen-bond acceptors (Lipinski definition) is 3. The molecule has 0 radical (unpaired) electrons. The molecule has 1 aliphatic heterocycles. The molecule has 3 aromatic rings. The molecular weight excluding hydrogens is 314 g/mol. The fourth-order valence-corrected chi connectivity index (χ4v) is 3.19. The predicted octanol–water partition coefficient (Wildman–Crippen LogP) is 3.06. The monoisotopic (exact) mass is 335 g/mol. The van der Waals surface area contributed by atoms with Crippen LogP contribution >= 0.6 is 0 Å². The number of aryl methyl sites for hydroxylation is 1. The molecule has 0 spiro atoms. The van der Waals surface area contributed by atoms with Crippen molar-refractivity contribution in [3.05, 3.63) is 59.9 Å². The highest BCUT2D eigenvalue weighted by atomic mass is 16.5. The number of hydrogen-bond donors (Lipinski definition) is 0. The van der Waals surface area contributed by atoms with Crippen LogP contribution in [0.1, 0.15) is 22.8 Å². The number of rotatable bonds is 3. The molecule has 2 heterocycles. The number of nitrogens with zero attached hydrogens (tertiary/aromatic N) is 3. The molecule has 1 aromatic heterocycles. The van der Waals surface area contributed by atoms with Gasteiger partial charge in [-0.3, -0.25) is 9.36 Å². The van der Waals surface area contributed by atoms with Gasteiger partial charge in [0.15, 0.2) is 0 Å². The van der Waals surface area contributed by atoms with Crippen molar-refractivity contribution in [2.75, 3.05) is 26.3 Å². The van der Waals surface area contributed by atoms with Crippen LogP contribution in [0.25, 0.3) is 16.7 Å². The van der Waals surface area contributed by atoms with Crippen LogP contribution in [0.15, 0.2) is 48.8 Å². The Morgan fingerprint density at radius 3 is 2.60 bits per heavy atom. The molecule has 0 saturated carbocycles. The lowest BCUT2D eigenvalue weighted by Gasteiger charge is -2.26. The number of carbonyl (C=O) groups excluding carboxylic acids is 1. The normalized spacial score (nSPS) is 14.8. The molecule has 128 valence electrons. The third-order valence-electron chi connectivity index (χ3n) is 4.72. The predicted molar refractivity (Wildman–Crippen MR) is 97.2 cm³/mol. The van der Waals surface area contributed by atoms with Crippen LogP contribution < -0.4 is 0 Å². The van der Waals surface area contributed by atoms with Crippen molar-refractivity contribution in [2.45, 2.75) is 13.3 Å². The lowest BCUT2D eigenvalue weighted by molar-refractivity contribution is 0.0303. The second-order valence-corrected chi connectivity index (χ2v) is 6.24. The van der Waals surface area contributed by atoms with Gasteiger partial charge in [-0.15, -0.1) is 0 Å². The fraction of sp³-hybridized carbons (Fsp3) is 0.300. The van der Waals surface area contributed by atoms with Gasteiger partial charge in [0.2, 0.25) is 0 Å². The Kier molecular flexibility index (Phi) is 4.24. The summed E-state index contributed by atoms with van der Waals surface area (Å²) in [6.07, 6.45) is 2.84. The zero-order valence-corrected chi connectivity index (χ0v) is 14.3. The number of aromatic nitrogens is 2. The summed E-state index contributed by atoms with van der Waals surface area (Å²) in [5.74, 6) is 0.0482. The van der Waals surface area contributed by atoms with Crippen LogP contribution in [0.5, 0.6) is 0 Å². The molecule has 25 heavy (non-hydrogen) atoms. The Bertz CT molecular complexity index is 893. The molecule has 5 nitrogen and oxygen atoms in total.